The molecule has 5 nitrogen and oxygen atoms in total. The molecule has 3 rings (SSSR count). The minimum Gasteiger partial charge on any atom is -0.348 e. The first-order chi connectivity index (χ1) is 15.5. The fourth-order valence-corrected chi connectivity index (χ4v) is 3.84. The van der Waals surface area contributed by atoms with Gasteiger partial charge in [0, 0.05) is 17.6 Å². The molecule has 0 heterocycles. The number of para-hydroxylation sites is 1. The number of halogens is 1. The Bertz CT molecular complexity index is 1060. The molecule has 0 aromatic heterocycles. The van der Waals surface area contributed by atoms with E-state index in [0.29, 0.717) is 27.8 Å². The number of amides is 2. The Labute approximate surface area is 198 Å². The molecule has 0 fully saturated rings. The quantitative estimate of drug-likeness (QED) is 0.415. The number of hydrogen-bond acceptors (Lipinski definition) is 3. The topological polar surface area (TPSA) is 61.4 Å². The number of carbonyl (C=O) groups is 2. The lowest BCUT2D eigenvalue weighted by Crippen LogP contribution is -2.25. The Hall–Kier alpha value is -2.96. The molecule has 2 N–H and O–H groups in total. The van der Waals surface area contributed by atoms with Gasteiger partial charge in [-0.25, -0.2) is 0 Å². The van der Waals surface area contributed by atoms with Crippen LogP contribution in [0.3, 0.4) is 0 Å². The van der Waals surface area contributed by atoms with Crippen molar-refractivity contribution in [2.75, 3.05) is 18.4 Å². The summed E-state index contributed by atoms with van der Waals surface area (Å²) in [5, 5.41) is 5.80. The van der Waals surface area contributed by atoms with Gasteiger partial charge >= 0.3 is 0 Å². The zero-order valence-corrected chi connectivity index (χ0v) is 20.0. The van der Waals surface area contributed by atoms with E-state index in [0.717, 1.165) is 25.2 Å². The lowest BCUT2D eigenvalue weighted by molar-refractivity contribution is 0.0952. The zero-order chi connectivity index (χ0) is 22.9. The summed E-state index contributed by atoms with van der Waals surface area (Å²) >= 11 is 3.39. The molecule has 0 spiro atoms. The first-order valence-corrected chi connectivity index (χ1v) is 11.5. The molecule has 2 amide bonds. The third kappa shape index (κ3) is 6.28. The van der Waals surface area contributed by atoms with Gasteiger partial charge in [-0.05, 0) is 64.4 Å². The van der Waals surface area contributed by atoms with Crippen LogP contribution in [0.5, 0.6) is 0 Å². The van der Waals surface area contributed by atoms with E-state index in [-0.39, 0.29) is 11.8 Å². The van der Waals surface area contributed by atoms with Gasteiger partial charge in [0.25, 0.3) is 11.8 Å². The normalized spacial score (nSPS) is 10.8. The van der Waals surface area contributed by atoms with Gasteiger partial charge in [-0.3, -0.25) is 14.5 Å². The molecule has 3 aromatic carbocycles. The van der Waals surface area contributed by atoms with E-state index in [4.69, 9.17) is 0 Å². The number of anilines is 1. The van der Waals surface area contributed by atoms with Gasteiger partial charge < -0.3 is 10.6 Å². The van der Waals surface area contributed by atoms with Crippen LogP contribution in [0, 0.1) is 0 Å². The summed E-state index contributed by atoms with van der Waals surface area (Å²) in [6.45, 7) is 7.69. The Morgan fingerprint density at radius 3 is 2.03 bits per heavy atom. The van der Waals surface area contributed by atoms with Crippen LogP contribution in [0.4, 0.5) is 5.69 Å². The number of carbonyl (C=O) groups excluding carboxylic acids is 2. The van der Waals surface area contributed by atoms with E-state index < -0.39 is 0 Å². The van der Waals surface area contributed by atoms with E-state index in [9.17, 15) is 9.59 Å². The van der Waals surface area contributed by atoms with Crippen molar-refractivity contribution in [3.05, 3.63) is 99.5 Å². The lowest BCUT2D eigenvalue weighted by atomic mass is 10.1. The predicted octanol–water partition coefficient (Wildman–Crippen LogP) is 5.47. The number of rotatable bonds is 9. The lowest BCUT2D eigenvalue weighted by Gasteiger charge is -2.18. The average Bonchev–Trinajstić information content (AvgIpc) is 2.82. The van der Waals surface area contributed by atoms with Crippen molar-refractivity contribution in [2.45, 2.75) is 26.9 Å². The molecule has 0 bridgehead atoms. The number of benzene rings is 3. The molecule has 0 atom stereocenters. The standard InChI is InChI=1S/C26H28BrN3O2/c1-3-30(4-2)18-20-15-13-19(14-16-20)17-28-25(31)22-10-6-8-12-24(22)29-26(32)21-9-5-7-11-23(21)27/h5-16H,3-4,17-18H2,1-2H3,(H,28,31)(H,29,32). The number of nitrogens with zero attached hydrogens (tertiary/aromatic N) is 1. The molecule has 0 aliphatic heterocycles. The summed E-state index contributed by atoms with van der Waals surface area (Å²) in [6, 6.07) is 22.5. The maximum atomic E-state index is 12.8. The summed E-state index contributed by atoms with van der Waals surface area (Å²) in [7, 11) is 0. The van der Waals surface area contributed by atoms with Crippen molar-refractivity contribution >= 4 is 33.4 Å². The van der Waals surface area contributed by atoms with Crippen LogP contribution in [0.15, 0.2) is 77.3 Å². The molecule has 0 saturated heterocycles. The molecular weight excluding hydrogens is 466 g/mol. The Balaban J connectivity index is 1.64. The molecule has 0 saturated carbocycles. The smallest absolute Gasteiger partial charge is 0.256 e. The second-order valence-corrected chi connectivity index (χ2v) is 8.29. The van der Waals surface area contributed by atoms with Crippen molar-refractivity contribution in [1.82, 2.24) is 10.2 Å². The van der Waals surface area contributed by atoms with E-state index in [1.165, 1.54) is 5.56 Å². The van der Waals surface area contributed by atoms with Gasteiger partial charge in [-0.1, -0.05) is 62.4 Å². The minimum atomic E-state index is -0.276. The first kappa shape index (κ1) is 23.7. The average molecular weight is 494 g/mol. The van der Waals surface area contributed by atoms with Crippen molar-refractivity contribution in [2.24, 2.45) is 0 Å². The fraction of sp³-hybridized carbons (Fsp3) is 0.231. The van der Waals surface area contributed by atoms with Crippen molar-refractivity contribution < 1.29 is 9.59 Å². The minimum absolute atomic E-state index is 0.236. The Morgan fingerprint density at radius 1 is 0.781 bits per heavy atom. The van der Waals surface area contributed by atoms with Crippen LogP contribution in [-0.4, -0.2) is 29.8 Å². The highest BCUT2D eigenvalue weighted by Gasteiger charge is 2.15. The van der Waals surface area contributed by atoms with Gasteiger partial charge in [0.2, 0.25) is 0 Å². The third-order valence-electron chi connectivity index (χ3n) is 5.32. The van der Waals surface area contributed by atoms with Crippen molar-refractivity contribution in [3.63, 3.8) is 0 Å². The highest BCUT2D eigenvalue weighted by atomic mass is 79.9. The van der Waals surface area contributed by atoms with Gasteiger partial charge in [0.05, 0.1) is 16.8 Å². The van der Waals surface area contributed by atoms with Crippen LogP contribution >= 0.6 is 15.9 Å². The highest BCUT2D eigenvalue weighted by Crippen LogP contribution is 2.20. The van der Waals surface area contributed by atoms with Crippen LogP contribution in [0.1, 0.15) is 45.7 Å². The Morgan fingerprint density at radius 2 is 1.38 bits per heavy atom. The third-order valence-corrected chi connectivity index (χ3v) is 6.01. The van der Waals surface area contributed by atoms with E-state index in [1.807, 2.05) is 18.2 Å². The van der Waals surface area contributed by atoms with Gasteiger partial charge in [0.1, 0.15) is 0 Å². The summed E-state index contributed by atoms with van der Waals surface area (Å²) in [6.07, 6.45) is 0. The molecule has 0 radical (unpaired) electrons. The molecule has 6 heteroatoms. The SMILES string of the molecule is CCN(CC)Cc1ccc(CNC(=O)c2ccccc2NC(=O)c2ccccc2Br)cc1. The zero-order valence-electron chi connectivity index (χ0n) is 18.4. The van der Waals surface area contributed by atoms with Crippen molar-refractivity contribution in [3.8, 4) is 0 Å². The summed E-state index contributed by atoms with van der Waals surface area (Å²) in [4.78, 5) is 27.9. The molecule has 32 heavy (non-hydrogen) atoms. The maximum absolute atomic E-state index is 12.8. The Kier molecular flexibility index (Phi) is 8.59. The monoisotopic (exact) mass is 493 g/mol. The van der Waals surface area contributed by atoms with Gasteiger partial charge in [0.15, 0.2) is 0 Å². The molecule has 0 aliphatic rings. The molecule has 166 valence electrons. The largest absolute Gasteiger partial charge is 0.348 e. The fourth-order valence-electron chi connectivity index (χ4n) is 3.37. The van der Waals surface area contributed by atoms with Crippen LogP contribution in [0.2, 0.25) is 0 Å². The van der Waals surface area contributed by atoms with E-state index in [1.54, 1.807) is 42.5 Å². The van der Waals surface area contributed by atoms with Gasteiger partial charge in [-0.2, -0.15) is 0 Å². The first-order valence-electron chi connectivity index (χ1n) is 10.7. The van der Waals surface area contributed by atoms with Crippen LogP contribution < -0.4 is 10.6 Å². The summed E-state index contributed by atoms with van der Waals surface area (Å²) in [5.74, 6) is -0.512. The van der Waals surface area contributed by atoms with Crippen molar-refractivity contribution in [1.29, 1.82) is 0 Å². The predicted molar refractivity (Wildman–Crippen MR) is 133 cm³/mol. The maximum Gasteiger partial charge on any atom is 0.256 e. The summed E-state index contributed by atoms with van der Waals surface area (Å²) in [5.41, 5.74) is 3.68. The number of nitrogens with one attached hydrogen (secondary N) is 2. The second kappa shape index (κ2) is 11.6. The van der Waals surface area contributed by atoms with E-state index >= 15 is 0 Å². The van der Waals surface area contributed by atoms with Crippen LogP contribution in [0.25, 0.3) is 0 Å². The number of hydrogen-bond donors (Lipinski definition) is 2. The van der Waals surface area contributed by atoms with Crippen LogP contribution in [-0.2, 0) is 13.1 Å². The molecule has 0 unspecified atom stereocenters. The molecule has 3 aromatic rings. The molecule has 0 aliphatic carbocycles. The van der Waals surface area contributed by atoms with E-state index in [2.05, 4.69) is 57.4 Å². The highest BCUT2D eigenvalue weighted by molar-refractivity contribution is 9.10. The van der Waals surface area contributed by atoms with Gasteiger partial charge in [-0.15, -0.1) is 0 Å². The molecular formula is C26H28BrN3O2. The summed E-state index contributed by atoms with van der Waals surface area (Å²) < 4.78 is 0.698. The second-order valence-electron chi connectivity index (χ2n) is 7.44.